The van der Waals surface area contributed by atoms with E-state index in [0.717, 1.165) is 5.56 Å². The lowest BCUT2D eigenvalue weighted by molar-refractivity contribution is 0.322. The van der Waals surface area contributed by atoms with Crippen LogP contribution in [0.3, 0.4) is 0 Å². The second kappa shape index (κ2) is 8.46. The van der Waals surface area contributed by atoms with E-state index < -0.39 is 32.4 Å². The smallest absolute Gasteiger partial charge is 0.243 e. The molecule has 136 valence electrons. The molecular formula is C17H19F3N2O2S. The number of benzene rings is 2. The van der Waals surface area contributed by atoms with Gasteiger partial charge in [0.1, 0.15) is 4.90 Å². The highest BCUT2D eigenvalue weighted by Gasteiger charge is 2.23. The highest BCUT2D eigenvalue weighted by molar-refractivity contribution is 7.89. The number of sulfonamides is 1. The summed E-state index contributed by atoms with van der Waals surface area (Å²) < 4.78 is 65.9. The molecule has 4 nitrogen and oxygen atoms in total. The van der Waals surface area contributed by atoms with E-state index in [1.807, 2.05) is 42.3 Å². The van der Waals surface area contributed by atoms with E-state index in [-0.39, 0.29) is 6.54 Å². The van der Waals surface area contributed by atoms with Crippen molar-refractivity contribution in [3.63, 3.8) is 0 Å². The first-order chi connectivity index (χ1) is 11.8. The predicted octanol–water partition coefficient (Wildman–Crippen LogP) is 2.90. The number of halogens is 3. The summed E-state index contributed by atoms with van der Waals surface area (Å²) in [5.41, 5.74) is 1.13. The molecule has 0 fully saturated rings. The fraction of sp³-hybridized carbons (Fsp3) is 0.294. The molecule has 0 radical (unpaired) electrons. The highest BCUT2D eigenvalue weighted by atomic mass is 32.2. The van der Waals surface area contributed by atoms with Crippen LogP contribution in [-0.2, 0) is 16.6 Å². The first kappa shape index (κ1) is 19.4. The molecule has 0 spiro atoms. The fourth-order valence-corrected chi connectivity index (χ4v) is 3.46. The highest BCUT2D eigenvalue weighted by Crippen LogP contribution is 2.19. The molecule has 2 aromatic rings. The molecule has 8 heteroatoms. The van der Waals surface area contributed by atoms with E-state index in [1.54, 1.807) is 0 Å². The van der Waals surface area contributed by atoms with Gasteiger partial charge in [-0.25, -0.2) is 26.3 Å². The van der Waals surface area contributed by atoms with Crippen LogP contribution in [0.5, 0.6) is 0 Å². The van der Waals surface area contributed by atoms with Crippen molar-refractivity contribution in [1.29, 1.82) is 0 Å². The second-order valence-electron chi connectivity index (χ2n) is 5.65. The standard InChI is InChI=1S/C17H19F3N2O2S/c1-22(12-13-6-3-2-4-7-13)11-5-10-21-25(23,24)15-9-8-14(18)16(19)17(15)20/h2-4,6-9,21H,5,10-12H2,1H3. The first-order valence-electron chi connectivity index (χ1n) is 7.67. The summed E-state index contributed by atoms with van der Waals surface area (Å²) in [5.74, 6) is -4.95. The Morgan fingerprint density at radius 2 is 1.68 bits per heavy atom. The van der Waals surface area contributed by atoms with E-state index in [9.17, 15) is 21.6 Å². The van der Waals surface area contributed by atoms with E-state index in [4.69, 9.17) is 0 Å². The van der Waals surface area contributed by atoms with Crippen LogP contribution in [0.1, 0.15) is 12.0 Å². The molecule has 2 rings (SSSR count). The van der Waals surface area contributed by atoms with Gasteiger partial charge < -0.3 is 4.90 Å². The molecule has 0 bridgehead atoms. The van der Waals surface area contributed by atoms with Gasteiger partial charge in [-0.15, -0.1) is 0 Å². The molecule has 0 saturated heterocycles. The third-order valence-electron chi connectivity index (χ3n) is 3.59. The number of hydrogen-bond donors (Lipinski definition) is 1. The second-order valence-corrected chi connectivity index (χ2v) is 7.38. The summed E-state index contributed by atoms with van der Waals surface area (Å²) in [6, 6.07) is 11.1. The summed E-state index contributed by atoms with van der Waals surface area (Å²) >= 11 is 0. The molecule has 0 heterocycles. The van der Waals surface area contributed by atoms with Crippen molar-refractivity contribution in [1.82, 2.24) is 9.62 Å². The Kier molecular flexibility index (Phi) is 6.57. The van der Waals surface area contributed by atoms with Crippen LogP contribution in [-0.4, -0.2) is 33.5 Å². The van der Waals surface area contributed by atoms with Crippen molar-refractivity contribution in [2.24, 2.45) is 0 Å². The van der Waals surface area contributed by atoms with Gasteiger partial charge in [0, 0.05) is 13.1 Å². The van der Waals surface area contributed by atoms with Gasteiger partial charge in [-0.2, -0.15) is 0 Å². The minimum atomic E-state index is -4.24. The summed E-state index contributed by atoms with van der Waals surface area (Å²) in [6.07, 6.45) is 0.480. The largest absolute Gasteiger partial charge is 0.302 e. The van der Waals surface area contributed by atoms with Gasteiger partial charge in [0.25, 0.3) is 0 Å². The van der Waals surface area contributed by atoms with Crippen molar-refractivity contribution < 1.29 is 21.6 Å². The van der Waals surface area contributed by atoms with Gasteiger partial charge >= 0.3 is 0 Å². The van der Waals surface area contributed by atoms with Gasteiger partial charge in [-0.05, 0) is 37.7 Å². The summed E-state index contributed by atoms with van der Waals surface area (Å²) in [7, 11) is -2.34. The zero-order valence-electron chi connectivity index (χ0n) is 13.7. The molecule has 0 aliphatic rings. The zero-order valence-corrected chi connectivity index (χ0v) is 14.5. The lowest BCUT2D eigenvalue weighted by Gasteiger charge is -2.16. The normalized spacial score (nSPS) is 11.9. The topological polar surface area (TPSA) is 49.4 Å². The van der Waals surface area contributed by atoms with E-state index in [2.05, 4.69) is 4.72 Å². The Bertz CT molecular complexity index is 814. The molecule has 0 aliphatic carbocycles. The molecule has 25 heavy (non-hydrogen) atoms. The molecule has 0 aliphatic heterocycles. The molecular weight excluding hydrogens is 353 g/mol. The molecule has 0 unspecified atom stereocenters. The quantitative estimate of drug-likeness (QED) is 0.573. The molecule has 0 aromatic heterocycles. The van der Waals surface area contributed by atoms with Crippen molar-refractivity contribution in [3.05, 3.63) is 65.5 Å². The van der Waals surface area contributed by atoms with Crippen LogP contribution >= 0.6 is 0 Å². The summed E-state index contributed by atoms with van der Waals surface area (Å²) in [6.45, 7) is 1.38. The summed E-state index contributed by atoms with van der Waals surface area (Å²) in [4.78, 5) is 1.12. The average molecular weight is 372 g/mol. The Hall–Kier alpha value is -1.90. The van der Waals surface area contributed by atoms with Crippen LogP contribution in [0.15, 0.2) is 47.4 Å². The average Bonchev–Trinajstić information content (AvgIpc) is 2.57. The Balaban J connectivity index is 1.85. The van der Waals surface area contributed by atoms with Crippen molar-refractivity contribution in [2.75, 3.05) is 20.1 Å². The zero-order chi connectivity index (χ0) is 18.4. The van der Waals surface area contributed by atoms with E-state index in [0.29, 0.717) is 31.6 Å². The molecule has 2 aromatic carbocycles. The SMILES string of the molecule is CN(CCCNS(=O)(=O)c1ccc(F)c(F)c1F)Cc1ccccc1. The maximum absolute atomic E-state index is 13.6. The van der Waals surface area contributed by atoms with Gasteiger partial charge in [0.15, 0.2) is 17.5 Å². The van der Waals surface area contributed by atoms with Crippen LogP contribution in [0, 0.1) is 17.5 Å². The van der Waals surface area contributed by atoms with Crippen molar-refractivity contribution in [3.8, 4) is 0 Å². The van der Waals surface area contributed by atoms with Crippen LogP contribution in [0.25, 0.3) is 0 Å². The third-order valence-corrected chi connectivity index (χ3v) is 5.07. The third kappa shape index (κ3) is 5.29. The fourth-order valence-electron chi connectivity index (χ4n) is 2.32. The maximum atomic E-state index is 13.6. The Morgan fingerprint density at radius 1 is 1.00 bits per heavy atom. The van der Waals surface area contributed by atoms with E-state index in [1.165, 1.54) is 0 Å². The Labute approximate surface area is 145 Å². The van der Waals surface area contributed by atoms with Crippen LogP contribution < -0.4 is 4.72 Å². The van der Waals surface area contributed by atoms with Gasteiger partial charge in [0.2, 0.25) is 10.0 Å². The summed E-state index contributed by atoms with van der Waals surface area (Å²) in [5, 5.41) is 0. The lowest BCUT2D eigenvalue weighted by Crippen LogP contribution is -2.29. The molecule has 0 amide bonds. The number of nitrogens with zero attached hydrogens (tertiary/aromatic N) is 1. The van der Waals surface area contributed by atoms with Gasteiger partial charge in [-0.1, -0.05) is 30.3 Å². The van der Waals surface area contributed by atoms with Gasteiger partial charge in [-0.3, -0.25) is 0 Å². The van der Waals surface area contributed by atoms with Crippen LogP contribution in [0.2, 0.25) is 0 Å². The minimum Gasteiger partial charge on any atom is -0.302 e. The molecule has 0 saturated carbocycles. The number of hydrogen-bond acceptors (Lipinski definition) is 3. The lowest BCUT2D eigenvalue weighted by atomic mass is 10.2. The Morgan fingerprint density at radius 3 is 2.36 bits per heavy atom. The maximum Gasteiger partial charge on any atom is 0.243 e. The number of rotatable bonds is 8. The predicted molar refractivity (Wildman–Crippen MR) is 88.9 cm³/mol. The van der Waals surface area contributed by atoms with Crippen LogP contribution in [0.4, 0.5) is 13.2 Å². The monoisotopic (exact) mass is 372 g/mol. The first-order valence-corrected chi connectivity index (χ1v) is 9.15. The molecule has 1 N–H and O–H groups in total. The van der Waals surface area contributed by atoms with Gasteiger partial charge in [0.05, 0.1) is 0 Å². The molecule has 0 atom stereocenters. The van der Waals surface area contributed by atoms with E-state index >= 15 is 0 Å². The van der Waals surface area contributed by atoms with Crippen molar-refractivity contribution in [2.45, 2.75) is 17.9 Å². The van der Waals surface area contributed by atoms with Crippen molar-refractivity contribution >= 4 is 10.0 Å². The number of nitrogens with one attached hydrogen (secondary N) is 1. The minimum absolute atomic E-state index is 0.0555.